The first-order valence-corrected chi connectivity index (χ1v) is 7.33. The lowest BCUT2D eigenvalue weighted by Crippen LogP contribution is -2.12. The number of nitrogens with zero attached hydrogens (tertiary/aromatic N) is 2. The van der Waals surface area contributed by atoms with Gasteiger partial charge >= 0.3 is 0 Å². The topological polar surface area (TPSA) is 26.9 Å². The van der Waals surface area contributed by atoms with E-state index < -0.39 is 0 Å². The van der Waals surface area contributed by atoms with Crippen molar-refractivity contribution >= 4 is 32.8 Å². The summed E-state index contributed by atoms with van der Waals surface area (Å²) in [6, 6.07) is 15.8. The highest BCUT2D eigenvalue weighted by Crippen LogP contribution is 2.28. The number of hydrogen-bond acceptors (Lipinski definition) is 1. The van der Waals surface area contributed by atoms with E-state index in [2.05, 4.69) is 21.8 Å². The zero-order valence-corrected chi connectivity index (χ0v) is 12.4. The number of fused-ring (bicyclic) bond motifs is 4. The van der Waals surface area contributed by atoms with Crippen molar-refractivity contribution in [3.05, 3.63) is 71.4 Å². The SMILES string of the molecule is C=CCn1c2ccccc2c(=O)c2c3ccccc3n(C)c21. The molecule has 4 aromatic rings. The van der Waals surface area contributed by atoms with Crippen molar-refractivity contribution in [2.75, 3.05) is 0 Å². The summed E-state index contributed by atoms with van der Waals surface area (Å²) in [5, 5.41) is 2.56. The highest BCUT2D eigenvalue weighted by molar-refractivity contribution is 6.10. The molecular formula is C19H16N2O. The normalized spacial score (nSPS) is 11.5. The smallest absolute Gasteiger partial charge is 0.199 e. The molecule has 0 unspecified atom stereocenters. The number of aryl methyl sites for hydroxylation is 1. The van der Waals surface area contributed by atoms with E-state index in [9.17, 15) is 4.79 Å². The summed E-state index contributed by atoms with van der Waals surface area (Å²) in [4.78, 5) is 13.0. The quantitative estimate of drug-likeness (QED) is 0.515. The van der Waals surface area contributed by atoms with Crippen LogP contribution in [0.25, 0.3) is 32.8 Å². The number of allylic oxidation sites excluding steroid dienone is 1. The Labute approximate surface area is 127 Å². The Morgan fingerprint density at radius 2 is 1.64 bits per heavy atom. The molecule has 2 heterocycles. The molecule has 0 saturated carbocycles. The van der Waals surface area contributed by atoms with E-state index in [4.69, 9.17) is 0 Å². The van der Waals surface area contributed by atoms with Gasteiger partial charge in [-0.1, -0.05) is 36.4 Å². The van der Waals surface area contributed by atoms with Gasteiger partial charge in [-0.3, -0.25) is 4.79 Å². The van der Waals surface area contributed by atoms with E-state index in [1.165, 1.54) is 0 Å². The molecule has 2 aromatic carbocycles. The molecule has 3 nitrogen and oxygen atoms in total. The van der Waals surface area contributed by atoms with E-state index in [0.717, 1.165) is 32.8 Å². The Hall–Kier alpha value is -2.81. The number of hydrogen-bond donors (Lipinski definition) is 0. The summed E-state index contributed by atoms with van der Waals surface area (Å²) in [5.74, 6) is 0. The van der Waals surface area contributed by atoms with Gasteiger partial charge in [0.1, 0.15) is 5.65 Å². The fraction of sp³-hybridized carbons (Fsp3) is 0.105. The van der Waals surface area contributed by atoms with E-state index in [1.54, 1.807) is 0 Å². The maximum Gasteiger partial charge on any atom is 0.199 e. The molecule has 3 heteroatoms. The molecule has 4 rings (SSSR count). The van der Waals surface area contributed by atoms with Crippen molar-refractivity contribution in [1.82, 2.24) is 9.13 Å². The van der Waals surface area contributed by atoms with Gasteiger partial charge < -0.3 is 9.13 Å². The zero-order valence-electron chi connectivity index (χ0n) is 12.4. The standard InChI is InChI=1S/C19H16N2O/c1-3-12-21-16-11-7-5-9-14(16)18(22)17-13-8-4-6-10-15(13)20(2)19(17)21/h3-11H,1,12H2,2H3. The average molecular weight is 288 g/mol. The molecule has 0 amide bonds. The van der Waals surface area contributed by atoms with Crippen molar-refractivity contribution in [2.45, 2.75) is 6.54 Å². The van der Waals surface area contributed by atoms with Gasteiger partial charge in [0.05, 0.1) is 16.4 Å². The summed E-state index contributed by atoms with van der Waals surface area (Å²) < 4.78 is 4.26. The predicted octanol–water partition coefficient (Wildman–Crippen LogP) is 3.83. The molecule has 0 radical (unpaired) electrons. The van der Waals surface area contributed by atoms with E-state index in [0.29, 0.717) is 6.54 Å². The molecule has 0 fully saturated rings. The fourth-order valence-corrected chi connectivity index (χ4v) is 3.38. The van der Waals surface area contributed by atoms with E-state index in [-0.39, 0.29) is 5.43 Å². The molecular weight excluding hydrogens is 272 g/mol. The Balaban J connectivity index is 2.42. The van der Waals surface area contributed by atoms with Crippen LogP contribution in [0, 0.1) is 0 Å². The zero-order chi connectivity index (χ0) is 15.3. The lowest BCUT2D eigenvalue weighted by atomic mass is 10.1. The van der Waals surface area contributed by atoms with Crippen molar-refractivity contribution in [3.63, 3.8) is 0 Å². The number of benzene rings is 2. The summed E-state index contributed by atoms with van der Waals surface area (Å²) in [6.45, 7) is 4.54. The van der Waals surface area contributed by atoms with Crippen LogP contribution in [0.3, 0.4) is 0 Å². The van der Waals surface area contributed by atoms with Crippen molar-refractivity contribution in [2.24, 2.45) is 7.05 Å². The van der Waals surface area contributed by atoms with Crippen molar-refractivity contribution in [3.8, 4) is 0 Å². The average Bonchev–Trinajstić information content (AvgIpc) is 2.85. The van der Waals surface area contributed by atoms with Crippen LogP contribution in [-0.4, -0.2) is 9.13 Å². The van der Waals surface area contributed by atoms with E-state index >= 15 is 0 Å². The molecule has 22 heavy (non-hydrogen) atoms. The minimum Gasteiger partial charge on any atom is -0.330 e. The first-order chi connectivity index (χ1) is 10.7. The van der Waals surface area contributed by atoms with Crippen molar-refractivity contribution in [1.29, 1.82) is 0 Å². The monoisotopic (exact) mass is 288 g/mol. The van der Waals surface area contributed by atoms with Gasteiger partial charge in [0.2, 0.25) is 0 Å². The third-order valence-corrected chi connectivity index (χ3v) is 4.31. The predicted molar refractivity (Wildman–Crippen MR) is 92.4 cm³/mol. The lowest BCUT2D eigenvalue weighted by molar-refractivity contribution is 0.839. The Morgan fingerprint density at radius 3 is 2.36 bits per heavy atom. The van der Waals surface area contributed by atoms with Gasteiger partial charge in [-0.25, -0.2) is 0 Å². The first kappa shape index (κ1) is 12.9. The Morgan fingerprint density at radius 1 is 1.00 bits per heavy atom. The lowest BCUT2D eigenvalue weighted by Gasteiger charge is -2.12. The van der Waals surface area contributed by atoms with Crippen LogP contribution in [0.5, 0.6) is 0 Å². The van der Waals surface area contributed by atoms with E-state index in [1.807, 2.05) is 55.6 Å². The van der Waals surface area contributed by atoms with Gasteiger partial charge in [-0.05, 0) is 18.2 Å². The molecule has 0 aliphatic carbocycles. The minimum absolute atomic E-state index is 0.0997. The van der Waals surface area contributed by atoms with Gasteiger partial charge in [0.25, 0.3) is 0 Å². The highest BCUT2D eigenvalue weighted by atomic mass is 16.1. The van der Waals surface area contributed by atoms with Crippen LogP contribution in [0.15, 0.2) is 66.0 Å². The first-order valence-electron chi connectivity index (χ1n) is 7.33. The summed E-state index contributed by atoms with van der Waals surface area (Å²) in [5.41, 5.74) is 3.07. The van der Waals surface area contributed by atoms with Crippen LogP contribution in [-0.2, 0) is 13.6 Å². The third-order valence-electron chi connectivity index (χ3n) is 4.31. The molecule has 108 valence electrons. The Kier molecular flexibility index (Phi) is 2.70. The molecule has 0 atom stereocenters. The maximum absolute atomic E-state index is 13.0. The fourth-order valence-electron chi connectivity index (χ4n) is 3.38. The van der Waals surface area contributed by atoms with Gasteiger partial charge in [-0.15, -0.1) is 6.58 Å². The molecule has 0 aliphatic rings. The van der Waals surface area contributed by atoms with Crippen LogP contribution < -0.4 is 5.43 Å². The molecule has 0 aliphatic heterocycles. The summed E-state index contributed by atoms with van der Waals surface area (Å²) in [6.07, 6.45) is 1.87. The van der Waals surface area contributed by atoms with Gasteiger partial charge in [0, 0.05) is 24.4 Å². The summed E-state index contributed by atoms with van der Waals surface area (Å²) in [7, 11) is 2.01. The van der Waals surface area contributed by atoms with Gasteiger partial charge in [-0.2, -0.15) is 0 Å². The molecule has 0 spiro atoms. The van der Waals surface area contributed by atoms with Gasteiger partial charge in [0.15, 0.2) is 5.43 Å². The number of aromatic nitrogens is 2. The largest absolute Gasteiger partial charge is 0.330 e. The molecule has 2 aromatic heterocycles. The summed E-state index contributed by atoms with van der Waals surface area (Å²) >= 11 is 0. The van der Waals surface area contributed by atoms with Crippen LogP contribution in [0.1, 0.15) is 0 Å². The van der Waals surface area contributed by atoms with Crippen LogP contribution >= 0.6 is 0 Å². The number of para-hydroxylation sites is 2. The number of pyridine rings is 1. The minimum atomic E-state index is 0.0997. The van der Waals surface area contributed by atoms with Crippen molar-refractivity contribution < 1.29 is 0 Å². The second-order valence-electron chi connectivity index (χ2n) is 5.52. The molecule has 0 bridgehead atoms. The highest BCUT2D eigenvalue weighted by Gasteiger charge is 2.17. The third kappa shape index (κ3) is 1.53. The van der Waals surface area contributed by atoms with Crippen LogP contribution in [0.2, 0.25) is 0 Å². The number of rotatable bonds is 2. The second kappa shape index (κ2) is 4.60. The second-order valence-corrected chi connectivity index (χ2v) is 5.52. The Bertz CT molecular complexity index is 1100. The molecule has 0 saturated heterocycles. The van der Waals surface area contributed by atoms with Crippen LogP contribution in [0.4, 0.5) is 0 Å². The maximum atomic E-state index is 13.0. The molecule has 0 N–H and O–H groups in total.